The SMILES string of the molecule is CC(C)(C)NC1=NC(C)(c2cc(F)c(Cl)cc2Cl)C(=O)N1. The van der Waals surface area contributed by atoms with Gasteiger partial charge in [-0.3, -0.25) is 10.1 Å². The number of aliphatic imine (C=N–C) groups is 1. The summed E-state index contributed by atoms with van der Waals surface area (Å²) in [5, 5.41) is 5.82. The van der Waals surface area contributed by atoms with Crippen molar-refractivity contribution in [2.24, 2.45) is 4.99 Å². The number of carbonyl (C=O) groups is 1. The fraction of sp³-hybridized carbons (Fsp3) is 0.429. The van der Waals surface area contributed by atoms with E-state index < -0.39 is 11.4 Å². The fourth-order valence-corrected chi connectivity index (χ4v) is 2.59. The molecule has 114 valence electrons. The van der Waals surface area contributed by atoms with Crippen molar-refractivity contribution >= 4 is 35.1 Å². The molecule has 21 heavy (non-hydrogen) atoms. The zero-order valence-corrected chi connectivity index (χ0v) is 13.7. The maximum Gasteiger partial charge on any atom is 0.259 e. The monoisotopic (exact) mass is 331 g/mol. The van der Waals surface area contributed by atoms with Crippen LogP contribution in [-0.4, -0.2) is 17.4 Å². The van der Waals surface area contributed by atoms with E-state index in [1.807, 2.05) is 20.8 Å². The molecule has 1 aliphatic heterocycles. The van der Waals surface area contributed by atoms with Gasteiger partial charge >= 0.3 is 0 Å². The summed E-state index contributed by atoms with van der Waals surface area (Å²) in [6.07, 6.45) is 0. The molecule has 0 aromatic heterocycles. The zero-order chi connectivity index (χ0) is 16.0. The van der Waals surface area contributed by atoms with E-state index in [0.717, 1.165) is 6.07 Å². The van der Waals surface area contributed by atoms with E-state index in [2.05, 4.69) is 15.6 Å². The minimum absolute atomic E-state index is 0.0947. The molecule has 2 N–H and O–H groups in total. The van der Waals surface area contributed by atoms with Gasteiger partial charge in [-0.2, -0.15) is 0 Å². The quantitative estimate of drug-likeness (QED) is 0.776. The summed E-state index contributed by atoms with van der Waals surface area (Å²) in [7, 11) is 0. The highest BCUT2D eigenvalue weighted by Gasteiger charge is 2.43. The smallest absolute Gasteiger partial charge is 0.259 e. The zero-order valence-electron chi connectivity index (χ0n) is 12.1. The van der Waals surface area contributed by atoms with Gasteiger partial charge in [0, 0.05) is 16.1 Å². The van der Waals surface area contributed by atoms with E-state index in [-0.39, 0.29) is 27.1 Å². The van der Waals surface area contributed by atoms with Crippen LogP contribution < -0.4 is 10.6 Å². The molecule has 0 fully saturated rings. The van der Waals surface area contributed by atoms with Crippen molar-refractivity contribution in [1.29, 1.82) is 0 Å². The molecule has 0 spiro atoms. The highest BCUT2D eigenvalue weighted by atomic mass is 35.5. The van der Waals surface area contributed by atoms with Gasteiger partial charge in [-0.15, -0.1) is 0 Å². The predicted octanol–water partition coefficient (Wildman–Crippen LogP) is 3.22. The van der Waals surface area contributed by atoms with Gasteiger partial charge in [-0.25, -0.2) is 9.38 Å². The van der Waals surface area contributed by atoms with Crippen molar-refractivity contribution < 1.29 is 9.18 Å². The minimum atomic E-state index is -1.30. The molecular weight excluding hydrogens is 316 g/mol. The van der Waals surface area contributed by atoms with Crippen LogP contribution >= 0.6 is 23.2 Å². The first kappa shape index (κ1) is 16.0. The number of carbonyl (C=O) groups excluding carboxylic acids is 1. The molecule has 0 saturated heterocycles. The molecule has 1 atom stereocenters. The van der Waals surface area contributed by atoms with E-state index in [0.29, 0.717) is 5.96 Å². The van der Waals surface area contributed by atoms with Crippen LogP contribution in [0.3, 0.4) is 0 Å². The van der Waals surface area contributed by atoms with E-state index >= 15 is 0 Å². The van der Waals surface area contributed by atoms with Crippen LogP contribution in [-0.2, 0) is 10.3 Å². The predicted molar refractivity (Wildman–Crippen MR) is 82.2 cm³/mol. The lowest BCUT2D eigenvalue weighted by atomic mass is 9.92. The normalized spacial score (nSPS) is 22.0. The fourth-order valence-electron chi connectivity index (χ4n) is 2.02. The number of benzene rings is 1. The average Bonchev–Trinajstić information content (AvgIpc) is 2.57. The third-order valence-electron chi connectivity index (χ3n) is 3.04. The second-order valence-electron chi connectivity index (χ2n) is 6.11. The Hall–Kier alpha value is -1.33. The molecule has 0 saturated carbocycles. The third-order valence-corrected chi connectivity index (χ3v) is 3.64. The first-order chi connectivity index (χ1) is 9.53. The summed E-state index contributed by atoms with van der Waals surface area (Å²) < 4.78 is 13.7. The second kappa shape index (κ2) is 5.14. The molecule has 0 bridgehead atoms. The maximum atomic E-state index is 13.7. The number of hydrogen-bond acceptors (Lipinski definition) is 3. The van der Waals surface area contributed by atoms with Gasteiger partial charge < -0.3 is 5.32 Å². The number of amides is 1. The van der Waals surface area contributed by atoms with E-state index in [1.165, 1.54) is 6.07 Å². The third kappa shape index (κ3) is 3.14. The molecule has 1 aromatic rings. The van der Waals surface area contributed by atoms with Crippen LogP contribution in [0.4, 0.5) is 4.39 Å². The van der Waals surface area contributed by atoms with Crippen molar-refractivity contribution in [2.75, 3.05) is 0 Å². The summed E-state index contributed by atoms with van der Waals surface area (Å²) in [4.78, 5) is 16.6. The van der Waals surface area contributed by atoms with E-state index in [4.69, 9.17) is 23.2 Å². The lowest BCUT2D eigenvalue weighted by Crippen LogP contribution is -2.47. The Bertz CT molecular complexity index is 640. The van der Waals surface area contributed by atoms with E-state index in [1.54, 1.807) is 6.92 Å². The number of nitrogens with zero attached hydrogens (tertiary/aromatic N) is 1. The lowest BCUT2D eigenvalue weighted by Gasteiger charge is -2.21. The Morgan fingerprint density at radius 1 is 1.29 bits per heavy atom. The maximum absolute atomic E-state index is 13.7. The van der Waals surface area contributed by atoms with Crippen molar-refractivity contribution in [3.8, 4) is 0 Å². The second-order valence-corrected chi connectivity index (χ2v) is 6.92. The van der Waals surface area contributed by atoms with Crippen LogP contribution in [0, 0.1) is 5.82 Å². The highest BCUT2D eigenvalue weighted by Crippen LogP contribution is 2.36. The van der Waals surface area contributed by atoms with Gasteiger partial charge in [-0.1, -0.05) is 23.2 Å². The molecule has 1 aliphatic rings. The average molecular weight is 332 g/mol. The lowest BCUT2D eigenvalue weighted by molar-refractivity contribution is -0.123. The largest absolute Gasteiger partial charge is 0.351 e. The standard InChI is InChI=1S/C14H16Cl2FN3O/c1-13(2,3)19-12-18-11(21)14(4,20-12)7-5-10(17)9(16)6-8(7)15/h5-6H,1-4H3,(H2,18,19,20,21). The van der Waals surface area contributed by atoms with Crippen LogP contribution in [0.25, 0.3) is 0 Å². The number of guanidine groups is 1. The summed E-state index contributed by atoms with van der Waals surface area (Å²) in [5.41, 5.74) is -1.29. The number of hydrogen-bond donors (Lipinski definition) is 2. The molecular formula is C14H16Cl2FN3O. The summed E-state index contributed by atoms with van der Waals surface area (Å²) in [6, 6.07) is 2.42. The Balaban J connectivity index is 2.47. The summed E-state index contributed by atoms with van der Waals surface area (Å²) in [5.74, 6) is -0.684. The van der Waals surface area contributed by atoms with Crippen LogP contribution in [0.2, 0.25) is 10.0 Å². The number of halogens is 3. The van der Waals surface area contributed by atoms with Crippen molar-refractivity contribution in [2.45, 2.75) is 38.8 Å². The molecule has 2 rings (SSSR count). The van der Waals surface area contributed by atoms with Gasteiger partial charge in [0.05, 0.1) is 5.02 Å². The molecule has 7 heteroatoms. The molecule has 1 aromatic carbocycles. The van der Waals surface area contributed by atoms with Gasteiger partial charge in [-0.05, 0) is 39.8 Å². The first-order valence-electron chi connectivity index (χ1n) is 6.37. The molecule has 1 amide bonds. The van der Waals surface area contributed by atoms with Gasteiger partial charge in [0.1, 0.15) is 5.82 Å². The van der Waals surface area contributed by atoms with Gasteiger partial charge in [0.2, 0.25) is 0 Å². The Morgan fingerprint density at radius 2 is 1.90 bits per heavy atom. The Labute approximate surface area is 132 Å². The molecule has 0 aliphatic carbocycles. The molecule has 0 radical (unpaired) electrons. The molecule has 1 heterocycles. The highest BCUT2D eigenvalue weighted by molar-refractivity contribution is 6.35. The summed E-state index contributed by atoms with van der Waals surface area (Å²) >= 11 is 11.8. The van der Waals surface area contributed by atoms with Crippen LogP contribution in [0.5, 0.6) is 0 Å². The minimum Gasteiger partial charge on any atom is -0.351 e. The number of rotatable bonds is 1. The Kier molecular flexibility index (Phi) is 3.93. The first-order valence-corrected chi connectivity index (χ1v) is 7.13. The van der Waals surface area contributed by atoms with Crippen LogP contribution in [0.1, 0.15) is 33.3 Å². The Morgan fingerprint density at radius 3 is 2.48 bits per heavy atom. The molecule has 4 nitrogen and oxygen atoms in total. The van der Waals surface area contributed by atoms with Gasteiger partial charge in [0.25, 0.3) is 5.91 Å². The van der Waals surface area contributed by atoms with Gasteiger partial charge in [0.15, 0.2) is 11.5 Å². The van der Waals surface area contributed by atoms with E-state index in [9.17, 15) is 9.18 Å². The summed E-state index contributed by atoms with van der Waals surface area (Å²) in [6.45, 7) is 7.39. The topological polar surface area (TPSA) is 53.5 Å². The van der Waals surface area contributed by atoms with Crippen LogP contribution in [0.15, 0.2) is 17.1 Å². The van der Waals surface area contributed by atoms with Crippen molar-refractivity contribution in [3.63, 3.8) is 0 Å². The number of nitrogens with one attached hydrogen (secondary N) is 2. The van der Waals surface area contributed by atoms with Crippen molar-refractivity contribution in [3.05, 3.63) is 33.6 Å². The molecule has 1 unspecified atom stereocenters. The van der Waals surface area contributed by atoms with Crippen molar-refractivity contribution in [1.82, 2.24) is 10.6 Å².